The number of ether oxygens (including phenoxy) is 2. The van der Waals surface area contributed by atoms with Crippen LogP contribution in [0.4, 0.5) is 0 Å². The van der Waals surface area contributed by atoms with E-state index in [-0.39, 0.29) is 5.91 Å². The lowest BCUT2D eigenvalue weighted by Gasteiger charge is -2.06. The van der Waals surface area contributed by atoms with Gasteiger partial charge < -0.3 is 9.47 Å². The number of carbonyl (C=O) groups excluding carboxylic acids is 2. The summed E-state index contributed by atoms with van der Waals surface area (Å²) >= 11 is 0. The van der Waals surface area contributed by atoms with Crippen LogP contribution in [0.2, 0.25) is 0 Å². The van der Waals surface area contributed by atoms with Crippen molar-refractivity contribution in [3.63, 3.8) is 0 Å². The van der Waals surface area contributed by atoms with Crippen molar-refractivity contribution in [2.45, 2.75) is 6.92 Å². The molecule has 0 radical (unpaired) electrons. The van der Waals surface area contributed by atoms with E-state index in [1.165, 1.54) is 6.21 Å². The van der Waals surface area contributed by atoms with E-state index < -0.39 is 5.97 Å². The Morgan fingerprint density at radius 1 is 0.897 bits per heavy atom. The summed E-state index contributed by atoms with van der Waals surface area (Å²) in [6.07, 6.45) is 1.51. The standard InChI is InChI=1S/C23H20N2O4/c1-16-5-3-4-6-21(16)23(27)29-20-11-7-17(8-12-20)15-24-25-22(26)18-9-13-19(28-2)14-10-18/h3-15H,1-2H3,(H,25,26)/b24-15-. The molecule has 0 aliphatic heterocycles. The van der Waals surface area contributed by atoms with Crippen molar-refractivity contribution >= 4 is 18.1 Å². The van der Waals surface area contributed by atoms with Crippen LogP contribution >= 0.6 is 0 Å². The maximum atomic E-state index is 12.2. The summed E-state index contributed by atoms with van der Waals surface area (Å²) in [5.41, 5.74) is 5.07. The molecule has 3 rings (SSSR count). The molecule has 0 aliphatic carbocycles. The molecule has 0 aromatic heterocycles. The number of rotatable bonds is 6. The number of esters is 1. The van der Waals surface area contributed by atoms with Gasteiger partial charge in [0.05, 0.1) is 18.9 Å². The molecule has 0 bridgehead atoms. The fraction of sp³-hybridized carbons (Fsp3) is 0.0870. The summed E-state index contributed by atoms with van der Waals surface area (Å²) < 4.78 is 10.5. The first-order chi connectivity index (χ1) is 14.1. The van der Waals surface area contributed by atoms with Gasteiger partial charge in [-0.25, -0.2) is 10.2 Å². The zero-order chi connectivity index (χ0) is 20.6. The van der Waals surface area contributed by atoms with E-state index in [4.69, 9.17) is 9.47 Å². The summed E-state index contributed by atoms with van der Waals surface area (Å²) in [4.78, 5) is 24.3. The van der Waals surface area contributed by atoms with Crippen molar-refractivity contribution in [1.82, 2.24) is 5.43 Å². The quantitative estimate of drug-likeness (QED) is 0.300. The Morgan fingerprint density at radius 2 is 1.55 bits per heavy atom. The maximum Gasteiger partial charge on any atom is 0.343 e. The Kier molecular flexibility index (Phi) is 6.37. The fourth-order valence-electron chi connectivity index (χ4n) is 2.56. The summed E-state index contributed by atoms with van der Waals surface area (Å²) in [5, 5.41) is 3.95. The number of hydrazone groups is 1. The number of amides is 1. The molecule has 0 spiro atoms. The third kappa shape index (κ3) is 5.29. The first-order valence-electron chi connectivity index (χ1n) is 8.92. The highest BCUT2D eigenvalue weighted by Crippen LogP contribution is 2.15. The molecule has 29 heavy (non-hydrogen) atoms. The molecule has 0 aliphatic rings. The van der Waals surface area contributed by atoms with Crippen LogP contribution in [0.1, 0.15) is 31.8 Å². The lowest BCUT2D eigenvalue weighted by Crippen LogP contribution is -2.17. The summed E-state index contributed by atoms with van der Waals surface area (Å²) in [7, 11) is 1.56. The normalized spacial score (nSPS) is 10.6. The molecule has 146 valence electrons. The van der Waals surface area contributed by atoms with Crippen LogP contribution in [-0.4, -0.2) is 25.2 Å². The number of aryl methyl sites for hydroxylation is 1. The molecular weight excluding hydrogens is 368 g/mol. The summed E-state index contributed by atoms with van der Waals surface area (Å²) in [6.45, 7) is 1.86. The molecule has 3 aromatic carbocycles. The molecule has 1 N–H and O–H groups in total. The highest BCUT2D eigenvalue weighted by Gasteiger charge is 2.10. The lowest BCUT2D eigenvalue weighted by atomic mass is 10.1. The van der Waals surface area contributed by atoms with Crippen LogP contribution in [0.3, 0.4) is 0 Å². The number of hydrogen-bond acceptors (Lipinski definition) is 5. The van der Waals surface area contributed by atoms with Crippen molar-refractivity contribution in [2.24, 2.45) is 5.10 Å². The van der Waals surface area contributed by atoms with E-state index in [9.17, 15) is 9.59 Å². The molecule has 3 aromatic rings. The Labute approximate surface area is 168 Å². The number of nitrogens with zero attached hydrogens (tertiary/aromatic N) is 1. The fourth-order valence-corrected chi connectivity index (χ4v) is 2.56. The number of hydrogen-bond donors (Lipinski definition) is 1. The van der Waals surface area contributed by atoms with Crippen LogP contribution in [-0.2, 0) is 0 Å². The van der Waals surface area contributed by atoms with Gasteiger partial charge in [-0.1, -0.05) is 18.2 Å². The van der Waals surface area contributed by atoms with Crippen LogP contribution in [0.25, 0.3) is 0 Å². The van der Waals surface area contributed by atoms with Gasteiger partial charge in [0.15, 0.2) is 0 Å². The maximum absolute atomic E-state index is 12.2. The average Bonchev–Trinajstić information content (AvgIpc) is 2.75. The lowest BCUT2D eigenvalue weighted by molar-refractivity contribution is 0.0733. The molecule has 1 amide bonds. The van der Waals surface area contributed by atoms with Crippen molar-refractivity contribution in [3.8, 4) is 11.5 Å². The molecule has 0 unspecified atom stereocenters. The zero-order valence-corrected chi connectivity index (χ0v) is 16.1. The molecule has 0 saturated heterocycles. The second kappa shape index (κ2) is 9.32. The predicted octanol–water partition coefficient (Wildman–Crippen LogP) is 3.99. The second-order valence-corrected chi connectivity index (χ2v) is 6.20. The molecule has 6 nitrogen and oxygen atoms in total. The summed E-state index contributed by atoms with van der Waals surface area (Å²) in [5.74, 6) is 0.370. The smallest absolute Gasteiger partial charge is 0.343 e. The number of benzene rings is 3. The van der Waals surface area contributed by atoms with E-state index in [2.05, 4.69) is 10.5 Å². The number of carbonyl (C=O) groups is 2. The van der Waals surface area contributed by atoms with Crippen molar-refractivity contribution in [2.75, 3.05) is 7.11 Å². The van der Waals surface area contributed by atoms with Gasteiger partial charge in [-0.05, 0) is 72.6 Å². The van der Waals surface area contributed by atoms with Gasteiger partial charge in [-0.3, -0.25) is 4.79 Å². The van der Waals surface area contributed by atoms with Crippen LogP contribution < -0.4 is 14.9 Å². The van der Waals surface area contributed by atoms with Gasteiger partial charge in [0, 0.05) is 5.56 Å². The van der Waals surface area contributed by atoms with Gasteiger partial charge in [0.25, 0.3) is 5.91 Å². The third-order valence-corrected chi connectivity index (χ3v) is 4.19. The highest BCUT2D eigenvalue weighted by atomic mass is 16.5. The minimum Gasteiger partial charge on any atom is -0.497 e. The molecule has 0 heterocycles. The van der Waals surface area contributed by atoms with Gasteiger partial charge in [0.2, 0.25) is 0 Å². The Balaban J connectivity index is 1.56. The Bertz CT molecular complexity index is 1030. The van der Waals surface area contributed by atoms with E-state index in [0.29, 0.717) is 22.6 Å². The first kappa shape index (κ1) is 19.8. The minimum absolute atomic E-state index is 0.326. The van der Waals surface area contributed by atoms with Crippen LogP contribution in [0.5, 0.6) is 11.5 Å². The van der Waals surface area contributed by atoms with Crippen LogP contribution in [0, 0.1) is 6.92 Å². The van der Waals surface area contributed by atoms with E-state index in [0.717, 1.165) is 11.1 Å². The SMILES string of the molecule is COc1ccc(C(=O)N/N=C\c2ccc(OC(=O)c3ccccc3C)cc2)cc1. The number of nitrogens with one attached hydrogen (secondary N) is 1. The highest BCUT2D eigenvalue weighted by molar-refractivity contribution is 5.95. The van der Waals surface area contributed by atoms with Gasteiger partial charge in [-0.2, -0.15) is 5.10 Å². The predicted molar refractivity (Wildman–Crippen MR) is 111 cm³/mol. The summed E-state index contributed by atoms with van der Waals surface area (Å²) in [6, 6.07) is 20.8. The van der Waals surface area contributed by atoms with Crippen molar-refractivity contribution in [3.05, 3.63) is 95.1 Å². The zero-order valence-electron chi connectivity index (χ0n) is 16.1. The topological polar surface area (TPSA) is 77.0 Å². The van der Waals surface area contributed by atoms with E-state index in [1.807, 2.05) is 19.1 Å². The first-order valence-corrected chi connectivity index (χ1v) is 8.92. The molecule has 6 heteroatoms. The van der Waals surface area contributed by atoms with Crippen molar-refractivity contribution in [1.29, 1.82) is 0 Å². The third-order valence-electron chi connectivity index (χ3n) is 4.19. The molecule has 0 saturated carbocycles. The van der Waals surface area contributed by atoms with E-state index >= 15 is 0 Å². The molecule has 0 atom stereocenters. The Hall–Kier alpha value is -3.93. The van der Waals surface area contributed by atoms with Gasteiger partial charge in [-0.15, -0.1) is 0 Å². The van der Waals surface area contributed by atoms with Gasteiger partial charge >= 0.3 is 5.97 Å². The Morgan fingerprint density at radius 3 is 2.21 bits per heavy atom. The average molecular weight is 388 g/mol. The largest absolute Gasteiger partial charge is 0.497 e. The number of methoxy groups -OCH3 is 1. The van der Waals surface area contributed by atoms with E-state index in [1.54, 1.807) is 67.8 Å². The second-order valence-electron chi connectivity index (χ2n) is 6.20. The molecular formula is C23H20N2O4. The van der Waals surface area contributed by atoms with Crippen LogP contribution in [0.15, 0.2) is 77.9 Å². The monoisotopic (exact) mass is 388 g/mol. The molecule has 0 fully saturated rings. The van der Waals surface area contributed by atoms with Gasteiger partial charge in [0.1, 0.15) is 11.5 Å². The minimum atomic E-state index is -0.406. The van der Waals surface area contributed by atoms with Crippen molar-refractivity contribution < 1.29 is 19.1 Å².